The number of hydrogen-bond donors (Lipinski definition) is 0. The van der Waals surface area contributed by atoms with Crippen LogP contribution in [-0.4, -0.2) is 22.6 Å². The first-order valence-corrected chi connectivity index (χ1v) is 8.86. The number of benzene rings is 2. The van der Waals surface area contributed by atoms with Gasteiger partial charge < -0.3 is 9.30 Å². The van der Waals surface area contributed by atoms with E-state index in [0.29, 0.717) is 0 Å². The molecule has 1 atom stereocenters. The second kappa shape index (κ2) is 6.87. The summed E-state index contributed by atoms with van der Waals surface area (Å²) < 4.78 is 8.23. The summed E-state index contributed by atoms with van der Waals surface area (Å²) in [4.78, 5) is 2.40. The minimum atomic E-state index is 0.0339. The normalized spacial score (nSPS) is 17.9. The molecule has 0 aliphatic carbocycles. The van der Waals surface area contributed by atoms with Crippen molar-refractivity contribution in [1.29, 1.82) is 0 Å². The standard InChI is InChI=1S/C22H24N2O/c1-17-7-9-19(10-8-17)15-24-13-14-25-22(24)20-11-12-23(16-20)21-6-4-3-5-18(21)2/h3-12,16,22H,13-15H2,1-2H3. The molecule has 1 aromatic heterocycles. The van der Waals surface area contributed by atoms with Crippen LogP contribution in [0.4, 0.5) is 0 Å². The van der Waals surface area contributed by atoms with Gasteiger partial charge in [-0.15, -0.1) is 0 Å². The second-order valence-electron chi connectivity index (χ2n) is 6.82. The smallest absolute Gasteiger partial charge is 0.138 e. The molecule has 4 rings (SSSR count). The van der Waals surface area contributed by atoms with Crippen molar-refractivity contribution in [3.8, 4) is 5.69 Å². The van der Waals surface area contributed by atoms with Crippen LogP contribution in [0.15, 0.2) is 67.0 Å². The van der Waals surface area contributed by atoms with Crippen molar-refractivity contribution < 1.29 is 4.74 Å². The van der Waals surface area contributed by atoms with Gasteiger partial charge in [0.1, 0.15) is 6.23 Å². The summed E-state index contributed by atoms with van der Waals surface area (Å²) in [6, 6.07) is 19.4. The summed E-state index contributed by atoms with van der Waals surface area (Å²) in [5.41, 5.74) is 6.34. The van der Waals surface area contributed by atoms with Gasteiger partial charge in [-0.25, -0.2) is 0 Å². The quantitative estimate of drug-likeness (QED) is 0.693. The molecule has 1 saturated heterocycles. The molecule has 25 heavy (non-hydrogen) atoms. The van der Waals surface area contributed by atoms with Gasteiger partial charge in [-0.05, 0) is 37.1 Å². The molecule has 0 amide bonds. The van der Waals surface area contributed by atoms with Gasteiger partial charge in [0.05, 0.1) is 6.61 Å². The van der Waals surface area contributed by atoms with Crippen LogP contribution in [0.2, 0.25) is 0 Å². The zero-order valence-electron chi connectivity index (χ0n) is 14.9. The Morgan fingerprint density at radius 2 is 1.80 bits per heavy atom. The molecule has 3 heteroatoms. The fourth-order valence-corrected chi connectivity index (χ4v) is 3.46. The average Bonchev–Trinajstić information content (AvgIpc) is 3.26. The minimum absolute atomic E-state index is 0.0339. The molecular formula is C22H24N2O. The molecule has 2 aromatic carbocycles. The van der Waals surface area contributed by atoms with Gasteiger partial charge in [-0.1, -0.05) is 48.0 Å². The summed E-state index contributed by atoms with van der Waals surface area (Å²) in [6.45, 7) is 6.94. The van der Waals surface area contributed by atoms with Crippen molar-refractivity contribution in [2.45, 2.75) is 26.6 Å². The topological polar surface area (TPSA) is 17.4 Å². The van der Waals surface area contributed by atoms with E-state index in [4.69, 9.17) is 4.74 Å². The molecule has 3 nitrogen and oxygen atoms in total. The molecule has 1 aliphatic heterocycles. The Morgan fingerprint density at radius 3 is 2.60 bits per heavy atom. The molecule has 0 radical (unpaired) electrons. The molecule has 0 saturated carbocycles. The number of para-hydroxylation sites is 1. The molecule has 1 fully saturated rings. The van der Waals surface area contributed by atoms with Crippen LogP contribution >= 0.6 is 0 Å². The SMILES string of the molecule is Cc1ccc(CN2CCOC2c2ccn(-c3ccccc3C)c2)cc1. The summed E-state index contributed by atoms with van der Waals surface area (Å²) >= 11 is 0. The van der Waals surface area contributed by atoms with Gasteiger partial charge >= 0.3 is 0 Å². The molecular weight excluding hydrogens is 308 g/mol. The van der Waals surface area contributed by atoms with Gasteiger partial charge in [0.25, 0.3) is 0 Å². The zero-order valence-corrected chi connectivity index (χ0v) is 14.9. The second-order valence-corrected chi connectivity index (χ2v) is 6.82. The van der Waals surface area contributed by atoms with Crippen molar-refractivity contribution in [3.63, 3.8) is 0 Å². The van der Waals surface area contributed by atoms with E-state index in [1.807, 2.05) is 0 Å². The number of hydrogen-bond acceptors (Lipinski definition) is 2. The first kappa shape index (κ1) is 16.1. The predicted molar refractivity (Wildman–Crippen MR) is 101 cm³/mol. The van der Waals surface area contributed by atoms with Crippen molar-refractivity contribution in [1.82, 2.24) is 9.47 Å². The Balaban J connectivity index is 1.55. The Labute approximate surface area is 149 Å². The van der Waals surface area contributed by atoms with Gasteiger partial charge in [0, 0.05) is 36.7 Å². The third-order valence-electron chi connectivity index (χ3n) is 4.89. The van der Waals surface area contributed by atoms with E-state index in [1.54, 1.807) is 0 Å². The van der Waals surface area contributed by atoms with Crippen LogP contribution in [0.5, 0.6) is 0 Å². The third kappa shape index (κ3) is 3.39. The van der Waals surface area contributed by atoms with E-state index in [-0.39, 0.29) is 6.23 Å². The van der Waals surface area contributed by atoms with Crippen molar-refractivity contribution in [2.75, 3.05) is 13.2 Å². The predicted octanol–water partition coefficient (Wildman–Crippen LogP) is 4.63. The van der Waals surface area contributed by atoms with Crippen LogP contribution in [0.3, 0.4) is 0 Å². The summed E-state index contributed by atoms with van der Waals surface area (Å²) in [5, 5.41) is 0. The van der Waals surface area contributed by atoms with Crippen LogP contribution < -0.4 is 0 Å². The first-order chi connectivity index (χ1) is 12.2. The summed E-state index contributed by atoms with van der Waals surface area (Å²) in [6.07, 6.45) is 4.36. The molecule has 0 spiro atoms. The highest BCUT2D eigenvalue weighted by Crippen LogP contribution is 2.29. The first-order valence-electron chi connectivity index (χ1n) is 8.86. The monoisotopic (exact) mass is 332 g/mol. The van der Waals surface area contributed by atoms with Crippen LogP contribution in [0.1, 0.15) is 28.5 Å². The molecule has 3 aromatic rings. The van der Waals surface area contributed by atoms with Crippen molar-refractivity contribution >= 4 is 0 Å². The van der Waals surface area contributed by atoms with Crippen LogP contribution in [0.25, 0.3) is 5.69 Å². The average molecular weight is 332 g/mol. The van der Waals surface area contributed by atoms with Gasteiger partial charge in [0.15, 0.2) is 0 Å². The Morgan fingerprint density at radius 1 is 1.00 bits per heavy atom. The number of aryl methyl sites for hydroxylation is 2. The van der Waals surface area contributed by atoms with E-state index in [9.17, 15) is 0 Å². The largest absolute Gasteiger partial charge is 0.357 e. The number of ether oxygens (including phenoxy) is 1. The Kier molecular flexibility index (Phi) is 4.43. The lowest BCUT2D eigenvalue weighted by atomic mass is 10.1. The Hall–Kier alpha value is -2.36. The molecule has 0 bridgehead atoms. The maximum absolute atomic E-state index is 6.04. The third-order valence-corrected chi connectivity index (χ3v) is 4.89. The highest BCUT2D eigenvalue weighted by molar-refractivity contribution is 5.41. The van der Waals surface area contributed by atoms with Crippen molar-refractivity contribution in [2.24, 2.45) is 0 Å². The zero-order chi connectivity index (χ0) is 17.2. The lowest BCUT2D eigenvalue weighted by Crippen LogP contribution is -2.23. The van der Waals surface area contributed by atoms with E-state index < -0.39 is 0 Å². The number of aromatic nitrogens is 1. The molecule has 1 unspecified atom stereocenters. The van der Waals surface area contributed by atoms with E-state index in [0.717, 1.165) is 19.7 Å². The highest BCUT2D eigenvalue weighted by Gasteiger charge is 2.27. The number of nitrogens with zero attached hydrogens (tertiary/aromatic N) is 2. The molecule has 2 heterocycles. The Bertz CT molecular complexity index is 850. The van der Waals surface area contributed by atoms with Crippen LogP contribution in [-0.2, 0) is 11.3 Å². The highest BCUT2D eigenvalue weighted by atomic mass is 16.5. The molecule has 1 aliphatic rings. The van der Waals surface area contributed by atoms with Crippen molar-refractivity contribution in [3.05, 3.63) is 89.2 Å². The summed E-state index contributed by atoms with van der Waals surface area (Å²) in [5.74, 6) is 0. The lowest BCUT2D eigenvalue weighted by molar-refractivity contribution is 0.0288. The number of rotatable bonds is 4. The van der Waals surface area contributed by atoms with E-state index in [2.05, 4.69) is 90.3 Å². The molecule has 0 N–H and O–H groups in total. The van der Waals surface area contributed by atoms with E-state index >= 15 is 0 Å². The fraction of sp³-hybridized carbons (Fsp3) is 0.273. The van der Waals surface area contributed by atoms with Gasteiger partial charge in [-0.3, -0.25) is 4.90 Å². The lowest BCUT2D eigenvalue weighted by Gasteiger charge is -2.22. The fourth-order valence-electron chi connectivity index (χ4n) is 3.46. The van der Waals surface area contributed by atoms with Gasteiger partial charge in [0.2, 0.25) is 0 Å². The minimum Gasteiger partial charge on any atom is -0.357 e. The van der Waals surface area contributed by atoms with Crippen LogP contribution in [0, 0.1) is 13.8 Å². The maximum atomic E-state index is 6.04. The van der Waals surface area contributed by atoms with Gasteiger partial charge in [-0.2, -0.15) is 0 Å². The molecule has 128 valence electrons. The maximum Gasteiger partial charge on any atom is 0.138 e. The van der Waals surface area contributed by atoms with E-state index in [1.165, 1.54) is 27.9 Å². The summed E-state index contributed by atoms with van der Waals surface area (Å²) in [7, 11) is 0.